The van der Waals surface area contributed by atoms with Crippen molar-refractivity contribution in [3.63, 3.8) is 0 Å². The van der Waals surface area contributed by atoms with Crippen LogP contribution in [-0.2, 0) is 4.74 Å². The Bertz CT molecular complexity index is 588. The molecule has 0 unspecified atom stereocenters. The summed E-state index contributed by atoms with van der Waals surface area (Å²) in [5.41, 5.74) is -0.391. The van der Waals surface area contributed by atoms with Gasteiger partial charge in [-0.2, -0.15) is 0 Å². The smallest absolute Gasteiger partial charge is 0.257 e. The molecule has 1 aromatic heterocycles. The molecule has 0 bridgehead atoms. The summed E-state index contributed by atoms with van der Waals surface area (Å²) < 4.78 is 5.32. The van der Waals surface area contributed by atoms with Gasteiger partial charge in [0.1, 0.15) is 0 Å². The number of hydrogen-bond donors (Lipinski definition) is 1. The fraction of sp³-hybridized carbons (Fsp3) is 0.706. The highest BCUT2D eigenvalue weighted by Gasteiger charge is 2.36. The largest absolute Gasteiger partial charge is 0.387 e. The van der Waals surface area contributed by atoms with E-state index in [1.54, 1.807) is 17.3 Å². The van der Waals surface area contributed by atoms with E-state index >= 15 is 0 Å². The highest BCUT2D eigenvalue weighted by atomic mass is 16.5. The molecule has 3 heterocycles. The Morgan fingerprint density at radius 2 is 1.96 bits per heavy atom. The predicted molar refractivity (Wildman–Crippen MR) is 93.7 cm³/mol. The number of piperidine rings is 1. The Balaban J connectivity index is 1.65. The number of carbonyl (C=O) groups excluding carboxylic acids is 1. The molecule has 138 valence electrons. The van der Waals surface area contributed by atoms with Crippen LogP contribution in [0.25, 0.3) is 0 Å². The van der Waals surface area contributed by atoms with Crippen LogP contribution in [0.2, 0.25) is 0 Å². The lowest BCUT2D eigenvalue weighted by Crippen LogP contribution is -2.54. The number of β-amino-alcohol motifs (C(OH)–C–C–N with tert-alkyl or cyclic N) is 1. The van der Waals surface area contributed by atoms with Gasteiger partial charge < -0.3 is 24.5 Å². The van der Waals surface area contributed by atoms with Gasteiger partial charge in [-0.3, -0.25) is 4.79 Å². The van der Waals surface area contributed by atoms with Crippen LogP contribution in [0.4, 0.5) is 5.95 Å². The van der Waals surface area contributed by atoms with Crippen molar-refractivity contribution in [2.45, 2.75) is 18.4 Å². The summed E-state index contributed by atoms with van der Waals surface area (Å²) in [5, 5.41) is 10.7. The van der Waals surface area contributed by atoms with E-state index in [0.29, 0.717) is 50.8 Å². The molecule has 0 aromatic carbocycles. The third-order valence-electron chi connectivity index (χ3n) is 4.63. The minimum absolute atomic E-state index is 0.120. The molecule has 2 aliphatic rings. The van der Waals surface area contributed by atoms with Crippen LogP contribution in [0.5, 0.6) is 0 Å². The van der Waals surface area contributed by atoms with Crippen molar-refractivity contribution in [2.75, 3.05) is 64.9 Å². The van der Waals surface area contributed by atoms with Gasteiger partial charge in [0.15, 0.2) is 0 Å². The van der Waals surface area contributed by atoms with E-state index in [1.807, 2.05) is 19.0 Å². The summed E-state index contributed by atoms with van der Waals surface area (Å²) in [5.74, 6) is 0.507. The Hall–Kier alpha value is -1.77. The molecule has 8 nitrogen and oxygen atoms in total. The molecule has 1 aromatic rings. The van der Waals surface area contributed by atoms with Crippen molar-refractivity contribution in [1.29, 1.82) is 0 Å². The van der Waals surface area contributed by atoms with Gasteiger partial charge >= 0.3 is 0 Å². The highest BCUT2D eigenvalue weighted by Crippen LogP contribution is 2.23. The van der Waals surface area contributed by atoms with Crippen molar-refractivity contribution < 1.29 is 14.6 Å². The van der Waals surface area contributed by atoms with Crippen molar-refractivity contribution in [1.82, 2.24) is 19.8 Å². The number of likely N-dealkylation sites (tertiary alicyclic amines) is 1. The molecule has 0 aliphatic carbocycles. The standard InChI is InChI=1S/C17H27N5O3/c1-20(2)12-17(24)4-3-5-22(13-17)15(23)14-10-18-16(19-11-14)21-6-8-25-9-7-21/h10-11,24H,3-9,12-13H2,1-2H3/t17-/m0/s1. The van der Waals surface area contributed by atoms with Crippen LogP contribution in [0, 0.1) is 0 Å². The SMILES string of the molecule is CN(C)C[C@@]1(O)CCCN(C(=O)c2cnc(N3CCOCC3)nc2)C1. The summed E-state index contributed by atoms with van der Waals surface area (Å²) in [4.78, 5) is 27.1. The monoisotopic (exact) mass is 349 g/mol. The molecule has 8 heteroatoms. The Kier molecular flexibility index (Phi) is 5.51. The molecule has 0 spiro atoms. The number of likely N-dealkylation sites (N-methyl/N-ethyl adjacent to an activating group) is 1. The zero-order valence-electron chi connectivity index (χ0n) is 15.0. The summed E-state index contributed by atoms with van der Waals surface area (Å²) in [6.07, 6.45) is 4.67. The van der Waals surface area contributed by atoms with E-state index in [1.165, 1.54) is 0 Å². The molecule has 25 heavy (non-hydrogen) atoms. The van der Waals surface area contributed by atoms with E-state index in [2.05, 4.69) is 14.9 Å². The molecule has 0 radical (unpaired) electrons. The average Bonchev–Trinajstić information content (AvgIpc) is 2.61. The predicted octanol–water partition coefficient (Wildman–Crippen LogP) is -0.158. The number of hydrogen-bond acceptors (Lipinski definition) is 7. The number of nitrogens with zero attached hydrogens (tertiary/aromatic N) is 5. The van der Waals surface area contributed by atoms with Crippen LogP contribution < -0.4 is 4.90 Å². The van der Waals surface area contributed by atoms with E-state index < -0.39 is 5.60 Å². The second kappa shape index (κ2) is 7.63. The maximum absolute atomic E-state index is 12.7. The van der Waals surface area contributed by atoms with Gasteiger partial charge in [0, 0.05) is 38.6 Å². The molecule has 0 saturated carbocycles. The van der Waals surface area contributed by atoms with Crippen molar-refractivity contribution in [3.05, 3.63) is 18.0 Å². The normalized spacial score (nSPS) is 24.6. The number of morpholine rings is 1. The number of anilines is 1. The number of aromatic nitrogens is 2. The molecule has 1 atom stereocenters. The van der Waals surface area contributed by atoms with Gasteiger partial charge in [0.25, 0.3) is 5.91 Å². The second-order valence-corrected chi connectivity index (χ2v) is 7.16. The second-order valence-electron chi connectivity index (χ2n) is 7.16. The number of carbonyl (C=O) groups is 1. The molecule has 1 amide bonds. The highest BCUT2D eigenvalue weighted by molar-refractivity contribution is 5.93. The zero-order chi connectivity index (χ0) is 17.9. The molecule has 2 saturated heterocycles. The average molecular weight is 349 g/mol. The molecule has 3 rings (SSSR count). The van der Waals surface area contributed by atoms with Crippen LogP contribution in [0.1, 0.15) is 23.2 Å². The first kappa shape index (κ1) is 18.0. The van der Waals surface area contributed by atoms with Gasteiger partial charge in [0.05, 0.1) is 30.9 Å². The third kappa shape index (κ3) is 4.45. The Labute approximate surface area is 148 Å². The van der Waals surface area contributed by atoms with Gasteiger partial charge in [-0.1, -0.05) is 0 Å². The lowest BCUT2D eigenvalue weighted by Gasteiger charge is -2.40. The molecule has 2 aliphatic heterocycles. The maximum atomic E-state index is 12.7. The lowest BCUT2D eigenvalue weighted by molar-refractivity contribution is -0.0391. The number of rotatable bonds is 4. The molecular formula is C17H27N5O3. The summed E-state index contributed by atoms with van der Waals surface area (Å²) in [6, 6.07) is 0. The van der Waals surface area contributed by atoms with E-state index in [4.69, 9.17) is 4.74 Å². The Morgan fingerprint density at radius 1 is 1.28 bits per heavy atom. The number of ether oxygens (including phenoxy) is 1. The maximum Gasteiger partial charge on any atom is 0.257 e. The van der Waals surface area contributed by atoms with Crippen molar-refractivity contribution in [2.24, 2.45) is 0 Å². The fourth-order valence-corrected chi connectivity index (χ4v) is 3.54. The van der Waals surface area contributed by atoms with Crippen LogP contribution in [-0.4, -0.2) is 96.4 Å². The first-order chi connectivity index (χ1) is 12.0. The van der Waals surface area contributed by atoms with Crippen LogP contribution in [0.15, 0.2) is 12.4 Å². The van der Waals surface area contributed by atoms with Gasteiger partial charge in [-0.05, 0) is 26.9 Å². The molecule has 2 fully saturated rings. The zero-order valence-corrected chi connectivity index (χ0v) is 15.0. The van der Waals surface area contributed by atoms with E-state index in [-0.39, 0.29) is 5.91 Å². The lowest BCUT2D eigenvalue weighted by atomic mass is 9.92. The summed E-state index contributed by atoms with van der Waals surface area (Å²) in [7, 11) is 3.86. The topological polar surface area (TPSA) is 82.0 Å². The summed E-state index contributed by atoms with van der Waals surface area (Å²) >= 11 is 0. The van der Waals surface area contributed by atoms with Crippen molar-refractivity contribution >= 4 is 11.9 Å². The van der Waals surface area contributed by atoms with E-state index in [0.717, 1.165) is 19.5 Å². The minimum atomic E-state index is -0.855. The Morgan fingerprint density at radius 3 is 2.60 bits per heavy atom. The van der Waals surface area contributed by atoms with Crippen LogP contribution in [0.3, 0.4) is 0 Å². The molecular weight excluding hydrogens is 322 g/mol. The first-order valence-electron chi connectivity index (χ1n) is 8.78. The van der Waals surface area contributed by atoms with Gasteiger partial charge in [-0.15, -0.1) is 0 Å². The fourth-order valence-electron chi connectivity index (χ4n) is 3.54. The van der Waals surface area contributed by atoms with Crippen molar-refractivity contribution in [3.8, 4) is 0 Å². The number of amides is 1. The number of aliphatic hydroxyl groups is 1. The summed E-state index contributed by atoms with van der Waals surface area (Å²) in [6.45, 7) is 4.40. The quantitative estimate of drug-likeness (QED) is 0.809. The van der Waals surface area contributed by atoms with E-state index in [9.17, 15) is 9.90 Å². The van der Waals surface area contributed by atoms with Crippen LogP contribution >= 0.6 is 0 Å². The van der Waals surface area contributed by atoms with Gasteiger partial charge in [0.2, 0.25) is 5.95 Å². The van der Waals surface area contributed by atoms with Gasteiger partial charge in [-0.25, -0.2) is 9.97 Å². The molecule has 1 N–H and O–H groups in total. The minimum Gasteiger partial charge on any atom is -0.387 e. The first-order valence-corrected chi connectivity index (χ1v) is 8.78. The third-order valence-corrected chi connectivity index (χ3v) is 4.63.